The first-order valence-electron chi connectivity index (χ1n) is 17.8. The van der Waals surface area contributed by atoms with Crippen LogP contribution in [0.4, 0.5) is 21.5 Å². The van der Waals surface area contributed by atoms with Crippen LogP contribution in [0, 0.1) is 5.82 Å². The quantitative estimate of drug-likeness (QED) is 0.174. The molecule has 0 atom stereocenters. The maximum absolute atomic E-state index is 14.8. The molecule has 8 aromatic carbocycles. The Kier molecular flexibility index (Phi) is 6.60. The van der Waals surface area contributed by atoms with Crippen molar-refractivity contribution in [3.8, 4) is 11.4 Å². The summed E-state index contributed by atoms with van der Waals surface area (Å²) in [6.07, 6.45) is 0. The van der Waals surface area contributed by atoms with E-state index >= 15 is 0 Å². The van der Waals surface area contributed by atoms with Gasteiger partial charge >= 0.3 is 0 Å². The zero-order chi connectivity index (χ0) is 35.0. The standard InChI is InChI=1S/C48H30FN3S/c49-31-13-10-16-33(29-31)50-41-22-8-5-19-38(41)47-42(50)23-12-24-43(47)51(34-27-28-46-39(30-34)36-18-6-9-26-45(36)53-46)44-25-11-20-37-35-17-4-7-21-40(35)52(48(37)44)32-14-2-1-3-15-32/h1-30H. The number of nitrogens with zero attached hydrogens (tertiary/aromatic N) is 3. The van der Waals surface area contributed by atoms with Gasteiger partial charge in [0.25, 0.3) is 0 Å². The van der Waals surface area contributed by atoms with Crippen molar-refractivity contribution in [3.63, 3.8) is 0 Å². The Morgan fingerprint density at radius 2 is 1.04 bits per heavy atom. The summed E-state index contributed by atoms with van der Waals surface area (Å²) in [6.45, 7) is 0. The highest BCUT2D eigenvalue weighted by molar-refractivity contribution is 7.25. The lowest BCUT2D eigenvalue weighted by atomic mass is 10.1. The van der Waals surface area contributed by atoms with Crippen LogP contribution in [0.25, 0.3) is 75.2 Å². The van der Waals surface area contributed by atoms with Crippen molar-refractivity contribution >= 4 is 92.2 Å². The van der Waals surface area contributed by atoms with Gasteiger partial charge in [-0.2, -0.15) is 0 Å². The molecule has 3 nitrogen and oxygen atoms in total. The molecule has 5 heteroatoms. The number of aromatic nitrogens is 2. The highest BCUT2D eigenvalue weighted by Crippen LogP contribution is 2.48. The van der Waals surface area contributed by atoms with E-state index in [0.717, 1.165) is 61.3 Å². The smallest absolute Gasteiger partial charge is 0.125 e. The second-order valence-electron chi connectivity index (χ2n) is 13.5. The molecule has 0 amide bonds. The fourth-order valence-electron chi connectivity index (χ4n) is 8.37. The van der Waals surface area contributed by atoms with Crippen LogP contribution in [-0.2, 0) is 0 Å². The van der Waals surface area contributed by atoms with Crippen molar-refractivity contribution in [1.82, 2.24) is 9.13 Å². The second kappa shape index (κ2) is 11.7. The first kappa shape index (κ1) is 30.0. The van der Waals surface area contributed by atoms with Crippen molar-refractivity contribution in [2.75, 3.05) is 4.90 Å². The van der Waals surface area contributed by atoms with Crippen LogP contribution in [-0.4, -0.2) is 9.13 Å². The molecular formula is C48H30FN3S. The Bertz CT molecular complexity index is 3210. The van der Waals surface area contributed by atoms with E-state index in [0.29, 0.717) is 0 Å². The fourth-order valence-corrected chi connectivity index (χ4v) is 9.45. The van der Waals surface area contributed by atoms with Gasteiger partial charge in [0.05, 0.1) is 33.4 Å². The average molecular weight is 700 g/mol. The first-order valence-corrected chi connectivity index (χ1v) is 18.6. The van der Waals surface area contributed by atoms with Gasteiger partial charge in [0.2, 0.25) is 0 Å². The molecule has 0 fully saturated rings. The molecule has 0 radical (unpaired) electrons. The fraction of sp³-hybridized carbons (Fsp3) is 0. The van der Waals surface area contributed by atoms with Gasteiger partial charge in [-0.1, -0.05) is 97.1 Å². The summed E-state index contributed by atoms with van der Waals surface area (Å²) in [5.74, 6) is -0.261. The van der Waals surface area contributed by atoms with Gasteiger partial charge in [-0.3, -0.25) is 0 Å². The van der Waals surface area contributed by atoms with Crippen molar-refractivity contribution in [1.29, 1.82) is 0 Å². The van der Waals surface area contributed by atoms with Gasteiger partial charge in [0.1, 0.15) is 5.82 Å². The van der Waals surface area contributed by atoms with E-state index in [2.05, 4.69) is 172 Å². The number of benzene rings is 8. The lowest BCUT2D eigenvalue weighted by Crippen LogP contribution is -2.12. The van der Waals surface area contributed by atoms with Crippen LogP contribution in [0.1, 0.15) is 0 Å². The number of thiophene rings is 1. The van der Waals surface area contributed by atoms with Gasteiger partial charge in [-0.15, -0.1) is 11.3 Å². The summed E-state index contributed by atoms with van der Waals surface area (Å²) in [7, 11) is 0. The lowest BCUT2D eigenvalue weighted by Gasteiger charge is -2.28. The van der Waals surface area contributed by atoms with E-state index < -0.39 is 0 Å². The molecular weight excluding hydrogens is 670 g/mol. The molecule has 0 spiro atoms. The Balaban J connectivity index is 1.30. The zero-order valence-electron chi connectivity index (χ0n) is 28.4. The molecule has 53 heavy (non-hydrogen) atoms. The lowest BCUT2D eigenvalue weighted by molar-refractivity contribution is 0.627. The van der Waals surface area contributed by atoms with E-state index in [-0.39, 0.29) is 5.82 Å². The molecule has 11 aromatic rings. The van der Waals surface area contributed by atoms with Gasteiger partial charge in [-0.25, -0.2) is 4.39 Å². The topological polar surface area (TPSA) is 13.1 Å². The molecule has 11 rings (SSSR count). The summed E-state index contributed by atoms with van der Waals surface area (Å²) < 4.78 is 21.9. The first-order chi connectivity index (χ1) is 26.2. The molecule has 0 unspecified atom stereocenters. The molecule has 0 aliphatic heterocycles. The minimum absolute atomic E-state index is 0.261. The number of hydrogen-bond acceptors (Lipinski definition) is 2. The maximum Gasteiger partial charge on any atom is 0.125 e. The predicted molar refractivity (Wildman–Crippen MR) is 223 cm³/mol. The normalized spacial score (nSPS) is 11.9. The number of para-hydroxylation sites is 4. The van der Waals surface area contributed by atoms with Crippen molar-refractivity contribution < 1.29 is 4.39 Å². The third-order valence-electron chi connectivity index (χ3n) is 10.5. The Hall–Kier alpha value is -6.69. The molecule has 3 aromatic heterocycles. The number of anilines is 3. The highest BCUT2D eigenvalue weighted by Gasteiger charge is 2.25. The van der Waals surface area contributed by atoms with E-state index in [1.807, 2.05) is 17.4 Å². The number of hydrogen-bond donors (Lipinski definition) is 0. The molecule has 250 valence electrons. The third-order valence-corrected chi connectivity index (χ3v) is 11.7. The van der Waals surface area contributed by atoms with Crippen LogP contribution in [0.2, 0.25) is 0 Å². The molecule has 0 saturated carbocycles. The molecule has 0 bridgehead atoms. The minimum atomic E-state index is -0.261. The van der Waals surface area contributed by atoms with Crippen molar-refractivity contribution in [3.05, 3.63) is 188 Å². The maximum atomic E-state index is 14.8. The average Bonchev–Trinajstić information content (AvgIpc) is 3.87. The Morgan fingerprint density at radius 3 is 1.89 bits per heavy atom. The highest BCUT2D eigenvalue weighted by atomic mass is 32.1. The van der Waals surface area contributed by atoms with Crippen molar-refractivity contribution in [2.24, 2.45) is 0 Å². The molecule has 0 aliphatic rings. The Labute approximate surface area is 308 Å². The molecule has 0 aliphatic carbocycles. The largest absolute Gasteiger partial charge is 0.309 e. The summed E-state index contributed by atoms with van der Waals surface area (Å²) in [4.78, 5) is 2.44. The third kappa shape index (κ3) is 4.51. The number of halogens is 1. The van der Waals surface area contributed by atoms with Gasteiger partial charge in [-0.05, 0) is 84.9 Å². The Morgan fingerprint density at radius 1 is 0.415 bits per heavy atom. The van der Waals surface area contributed by atoms with Crippen molar-refractivity contribution in [2.45, 2.75) is 0 Å². The van der Waals surface area contributed by atoms with Crippen LogP contribution < -0.4 is 4.90 Å². The molecule has 0 N–H and O–H groups in total. The summed E-state index contributed by atoms with van der Waals surface area (Å²) in [5.41, 5.74) is 9.38. The number of rotatable bonds is 5. The van der Waals surface area contributed by atoms with E-state index in [1.54, 1.807) is 12.1 Å². The zero-order valence-corrected chi connectivity index (χ0v) is 29.3. The van der Waals surface area contributed by atoms with E-state index in [1.165, 1.54) is 37.0 Å². The van der Waals surface area contributed by atoms with Gasteiger partial charge in [0, 0.05) is 58.8 Å². The van der Waals surface area contributed by atoms with Crippen LogP contribution in [0.5, 0.6) is 0 Å². The summed E-state index contributed by atoms with van der Waals surface area (Å²) in [6, 6.07) is 63.4. The van der Waals surface area contributed by atoms with Gasteiger partial charge < -0.3 is 14.0 Å². The molecule has 3 heterocycles. The van der Waals surface area contributed by atoms with Crippen LogP contribution in [0.15, 0.2) is 182 Å². The van der Waals surface area contributed by atoms with Crippen LogP contribution >= 0.6 is 11.3 Å². The minimum Gasteiger partial charge on any atom is -0.309 e. The summed E-state index contributed by atoms with van der Waals surface area (Å²) >= 11 is 1.83. The monoisotopic (exact) mass is 699 g/mol. The van der Waals surface area contributed by atoms with Crippen LogP contribution in [0.3, 0.4) is 0 Å². The summed E-state index contributed by atoms with van der Waals surface area (Å²) in [5, 5.41) is 7.08. The number of fused-ring (bicyclic) bond motifs is 9. The van der Waals surface area contributed by atoms with E-state index in [4.69, 9.17) is 0 Å². The van der Waals surface area contributed by atoms with Gasteiger partial charge in [0.15, 0.2) is 0 Å². The SMILES string of the molecule is Fc1cccc(-n2c3ccccc3c3c(N(c4ccc5sc6ccccc6c5c4)c4cccc5c6ccccc6n(-c6ccccc6)c45)cccc32)c1. The predicted octanol–water partition coefficient (Wildman–Crippen LogP) is 13.9. The second-order valence-corrected chi connectivity index (χ2v) is 14.6. The molecule has 0 saturated heterocycles. The van der Waals surface area contributed by atoms with E-state index in [9.17, 15) is 4.39 Å².